The maximum atomic E-state index is 12.8. The van der Waals surface area contributed by atoms with Gasteiger partial charge in [0.1, 0.15) is 23.0 Å². The van der Waals surface area contributed by atoms with Crippen LogP contribution in [-0.2, 0) is 38.1 Å². The number of esters is 4. The number of aromatic nitrogens is 1. The van der Waals surface area contributed by atoms with Crippen LogP contribution >= 0.6 is 0 Å². The van der Waals surface area contributed by atoms with E-state index in [1.165, 1.54) is 0 Å². The molecule has 0 aliphatic carbocycles. The average molecular weight is 1480 g/mol. The van der Waals surface area contributed by atoms with Crippen LogP contribution in [0.4, 0.5) is 0 Å². The molecule has 108 heavy (non-hydrogen) atoms. The predicted molar refractivity (Wildman–Crippen MR) is 411 cm³/mol. The number of rotatable bonds is 32. The fourth-order valence-electron chi connectivity index (χ4n) is 14.9. The minimum absolute atomic E-state index is 0.123. The van der Waals surface area contributed by atoms with Gasteiger partial charge in [0.05, 0.1) is 102 Å². The van der Waals surface area contributed by atoms with Crippen LogP contribution in [-0.4, -0.2) is 246 Å². The first kappa shape index (κ1) is 76.8. The van der Waals surface area contributed by atoms with Gasteiger partial charge >= 0.3 is 23.9 Å². The molecule has 13 rings (SSSR count). The fourth-order valence-corrected chi connectivity index (χ4v) is 14.9. The number of carbonyl (C=O) groups excluding carboxylic acids is 4. The Balaban J connectivity index is 0.827. The molecular formula is C80H102N16O12. The molecule has 0 amide bonds. The van der Waals surface area contributed by atoms with Gasteiger partial charge in [-0.15, -0.1) is 0 Å². The van der Waals surface area contributed by atoms with Gasteiger partial charge in [0, 0.05) is 177 Å². The highest BCUT2D eigenvalue weighted by Gasteiger charge is 2.35. The van der Waals surface area contributed by atoms with Crippen molar-refractivity contribution in [1.29, 1.82) is 0 Å². The van der Waals surface area contributed by atoms with Crippen LogP contribution in [0.25, 0.3) is 22.3 Å². The number of aromatic amines is 1. The second kappa shape index (κ2) is 36.2. The first-order chi connectivity index (χ1) is 52.4. The molecule has 0 radical (unpaired) electrons. The van der Waals surface area contributed by atoms with Crippen molar-refractivity contribution in [1.82, 2.24) is 29.9 Å². The van der Waals surface area contributed by atoms with Gasteiger partial charge in [-0.2, -0.15) is 0 Å². The number of nitrogens with zero attached hydrogens (tertiary/aromatic N) is 6. The Kier molecular flexibility index (Phi) is 25.7. The summed E-state index contributed by atoms with van der Waals surface area (Å²) in [5, 5.41) is 5.58. The molecule has 9 heterocycles. The minimum atomic E-state index is -0.402. The van der Waals surface area contributed by atoms with E-state index in [2.05, 4.69) is 64.9 Å². The van der Waals surface area contributed by atoms with E-state index in [0.29, 0.717) is 134 Å². The monoisotopic (exact) mass is 1480 g/mol. The van der Waals surface area contributed by atoms with Crippen LogP contribution in [0.15, 0.2) is 154 Å². The predicted octanol–water partition coefficient (Wildman–Crippen LogP) is 0.869. The summed E-state index contributed by atoms with van der Waals surface area (Å²) in [6.07, 6.45) is 9.92. The average Bonchev–Trinajstić information content (AvgIpc) is 1.62. The topological polar surface area (TPSA) is 416 Å². The van der Waals surface area contributed by atoms with Crippen molar-refractivity contribution < 1.29 is 57.1 Å². The summed E-state index contributed by atoms with van der Waals surface area (Å²) in [6.45, 7) is 6.72. The highest BCUT2D eigenvalue weighted by atomic mass is 16.6. The van der Waals surface area contributed by atoms with E-state index in [1.54, 1.807) is 0 Å². The highest BCUT2D eigenvalue weighted by Crippen LogP contribution is 2.41. The fraction of sp³-hybridized carbons (Fsp3) is 0.450. The highest BCUT2D eigenvalue weighted by molar-refractivity contribution is 6.26. The largest absolute Gasteiger partial charge is 0.493 e. The molecule has 5 aromatic rings. The van der Waals surface area contributed by atoms with Crippen molar-refractivity contribution in [2.24, 2.45) is 55.9 Å². The van der Waals surface area contributed by atoms with Crippen LogP contribution < -0.4 is 80.8 Å². The number of benzene rings is 4. The van der Waals surface area contributed by atoms with Crippen LogP contribution in [0.2, 0.25) is 0 Å². The van der Waals surface area contributed by atoms with E-state index in [-0.39, 0.29) is 138 Å². The molecule has 1 aromatic heterocycles. The van der Waals surface area contributed by atoms with E-state index in [9.17, 15) is 19.2 Å². The molecule has 4 saturated heterocycles. The molecule has 0 spiro atoms. The van der Waals surface area contributed by atoms with Crippen LogP contribution in [0, 0.1) is 0 Å². The van der Waals surface area contributed by atoms with Gasteiger partial charge < -0.3 is 94.1 Å². The number of allylic oxidation sites excluding steroid dienone is 4. The number of nitrogens with two attached hydrogens (primary N) is 8. The number of likely N-dealkylation sites (tertiary alicyclic amines) is 4. The summed E-state index contributed by atoms with van der Waals surface area (Å²) in [4.78, 5) is 74.2. The van der Waals surface area contributed by atoms with Gasteiger partial charge in [-0.25, -0.2) is 0 Å². The molecule has 4 fully saturated rings. The summed E-state index contributed by atoms with van der Waals surface area (Å²) in [5.74, 6) is 1.16. The number of hydrogen-bond donors (Lipinski definition) is 10. The summed E-state index contributed by atoms with van der Waals surface area (Å²) in [5.41, 5.74) is 59.9. The molecule has 28 heteroatoms. The zero-order chi connectivity index (χ0) is 75.2. The maximum Gasteiger partial charge on any atom is 0.320 e. The lowest BCUT2D eigenvalue weighted by molar-refractivity contribution is -0.145. The Morgan fingerprint density at radius 2 is 0.759 bits per heavy atom. The molecule has 8 aliphatic heterocycles. The van der Waals surface area contributed by atoms with Crippen molar-refractivity contribution in [2.75, 3.05) is 131 Å². The minimum Gasteiger partial charge on any atom is -0.493 e. The van der Waals surface area contributed by atoms with E-state index >= 15 is 0 Å². The van der Waals surface area contributed by atoms with Crippen LogP contribution in [0.1, 0.15) is 67.2 Å². The standard InChI is InChI=1S/C80H102N16O12/c81-57-37-93(38-58(57)82)45-73(97)105-29-5-25-101-53-13-1-9-49(33-53)77-65-17-19-67(89-65)78(50-10-2-14-54(34-50)102-26-6-30-106-74(98)46-94-39-59(83)60(84)40-94)69-21-23-71(91-69)80(52-12-4-16-56(36-52)104-28-8-32-108-76(100)48-96-43-63(87)64(88)44-96)72-24-22-70(92-72)79(68-20-18-66(77)90-68)51-11-3-15-55(35-51)103-27-7-31-107-75(99)47-95-41-61(85)62(86)42-95/h1-4,9-19,22,24,33-36,57-64,67,89,92H,5-8,20-21,23,25-32,37-48,81-88H2/t57-,58-,59-,60-,61-,62-,63-,64-,67?/m1/s1. The van der Waals surface area contributed by atoms with Crippen molar-refractivity contribution in [3.63, 3.8) is 0 Å². The molecule has 9 atom stereocenters. The zero-order valence-electron chi connectivity index (χ0n) is 61.1. The summed E-state index contributed by atoms with van der Waals surface area (Å²) in [6, 6.07) is 34.2. The molecule has 574 valence electrons. The van der Waals surface area contributed by atoms with E-state index in [4.69, 9.17) is 93.7 Å². The van der Waals surface area contributed by atoms with Crippen molar-refractivity contribution in [2.45, 2.75) is 99.3 Å². The lowest BCUT2D eigenvalue weighted by atomic mass is 9.95. The maximum absolute atomic E-state index is 12.8. The summed E-state index contributed by atoms with van der Waals surface area (Å²) < 4.78 is 48.2. The van der Waals surface area contributed by atoms with Crippen molar-refractivity contribution in [3.05, 3.63) is 177 Å². The molecule has 0 saturated carbocycles. The van der Waals surface area contributed by atoms with Gasteiger partial charge in [0.2, 0.25) is 0 Å². The van der Waals surface area contributed by atoms with E-state index in [1.807, 2.05) is 92.4 Å². The molecule has 4 aromatic carbocycles. The SMILES string of the molecule is N[C@@H]1CN(CC(=O)OCCCOc2cccc(C3=C4C=CC(N4)C(c4cccc(OCCCOC(=O)CN5C[C@@H](N)[C@H](N)C5)c4)=C4CCC(=N4)C(c4cccc(OCCCOC(=O)CN5C[C@@H](N)[C@H](N)C5)c4)=c4ccc([nH]4)=C(c4cccc(OCCCOC(=O)CN5C[C@@H](N)[C@H](N)C5)c4)C4=NC3=CC4)c2)C[C@H]1N. The Morgan fingerprint density at radius 3 is 1.15 bits per heavy atom. The molecule has 28 nitrogen and oxygen atoms in total. The number of carbonyl (C=O) groups is 4. The number of H-pyrrole nitrogens is 1. The molecule has 8 bridgehead atoms. The Bertz CT molecular complexity index is 4360. The van der Waals surface area contributed by atoms with Gasteiger partial charge in [0.15, 0.2) is 0 Å². The summed E-state index contributed by atoms with van der Waals surface area (Å²) in [7, 11) is 0. The third-order valence-electron chi connectivity index (χ3n) is 20.5. The van der Waals surface area contributed by atoms with Gasteiger partial charge in [-0.1, -0.05) is 60.7 Å². The lowest BCUT2D eigenvalue weighted by Gasteiger charge is -2.21. The third kappa shape index (κ3) is 19.9. The smallest absolute Gasteiger partial charge is 0.320 e. The summed E-state index contributed by atoms with van der Waals surface area (Å²) >= 11 is 0. The number of fused-ring (bicyclic) bond motifs is 6. The van der Waals surface area contributed by atoms with Crippen LogP contribution in [0.3, 0.4) is 0 Å². The van der Waals surface area contributed by atoms with Crippen molar-refractivity contribution in [3.8, 4) is 23.0 Å². The van der Waals surface area contributed by atoms with Crippen LogP contribution in [0.5, 0.6) is 23.0 Å². The Labute approximate surface area is 628 Å². The second-order valence-electron chi connectivity index (χ2n) is 29.0. The zero-order valence-corrected chi connectivity index (χ0v) is 61.1. The molecular weight excluding hydrogens is 1380 g/mol. The number of hydrogen-bond acceptors (Lipinski definition) is 27. The van der Waals surface area contributed by atoms with E-state index in [0.717, 1.165) is 83.8 Å². The van der Waals surface area contributed by atoms with Crippen molar-refractivity contribution >= 4 is 57.6 Å². The second-order valence-corrected chi connectivity index (χ2v) is 29.0. The van der Waals surface area contributed by atoms with Gasteiger partial charge in [-0.05, 0) is 102 Å². The first-order valence-electron chi connectivity index (χ1n) is 37.6. The quantitative estimate of drug-likeness (QED) is 0.0162. The number of ether oxygens (including phenoxy) is 8. The Morgan fingerprint density at radius 1 is 0.407 bits per heavy atom. The molecule has 8 aliphatic rings. The molecule has 18 N–H and O–H groups in total. The molecule has 1 unspecified atom stereocenters. The Hall–Kier alpha value is -9.40. The number of nitrogens with one attached hydrogen (secondary N) is 2. The van der Waals surface area contributed by atoms with E-state index < -0.39 is 6.04 Å². The number of aliphatic imine (C=N–C) groups is 2. The first-order valence-corrected chi connectivity index (χ1v) is 37.6. The third-order valence-corrected chi connectivity index (χ3v) is 20.5. The normalized spacial score (nSPS) is 23.7. The lowest BCUT2D eigenvalue weighted by Crippen LogP contribution is -2.39. The van der Waals surface area contributed by atoms with Gasteiger partial charge in [0.25, 0.3) is 0 Å². The van der Waals surface area contributed by atoms with Gasteiger partial charge in [-0.3, -0.25) is 48.8 Å².